The lowest BCUT2D eigenvalue weighted by Crippen LogP contribution is -2.17. The maximum absolute atomic E-state index is 5.87. The molecule has 19 heavy (non-hydrogen) atoms. The van der Waals surface area contributed by atoms with Gasteiger partial charge in [0.2, 0.25) is 0 Å². The Morgan fingerprint density at radius 1 is 1.42 bits per heavy atom. The van der Waals surface area contributed by atoms with Crippen molar-refractivity contribution in [3.05, 3.63) is 22.2 Å². The van der Waals surface area contributed by atoms with Crippen LogP contribution in [0.3, 0.4) is 0 Å². The molecule has 1 unspecified atom stereocenters. The number of ether oxygens (including phenoxy) is 2. The van der Waals surface area contributed by atoms with Crippen molar-refractivity contribution >= 4 is 15.9 Å². The normalized spacial score (nSPS) is 16.2. The van der Waals surface area contributed by atoms with E-state index in [9.17, 15) is 0 Å². The number of hydrogen-bond donors (Lipinski definition) is 1. The molecule has 1 fully saturated rings. The lowest BCUT2D eigenvalue weighted by Gasteiger charge is -2.15. The Balaban J connectivity index is 2.06. The van der Waals surface area contributed by atoms with Gasteiger partial charge in [0.15, 0.2) is 11.5 Å². The number of halogens is 1. The number of nitrogens with two attached hydrogens (primary N) is 1. The van der Waals surface area contributed by atoms with Crippen molar-refractivity contribution in [2.24, 2.45) is 11.7 Å². The second kappa shape index (κ2) is 6.62. The molecule has 1 atom stereocenters. The van der Waals surface area contributed by atoms with Gasteiger partial charge in [-0.2, -0.15) is 0 Å². The minimum Gasteiger partial charge on any atom is -0.493 e. The van der Waals surface area contributed by atoms with Crippen LogP contribution in [0.25, 0.3) is 0 Å². The molecular formula is C15H22BrNO2. The van der Waals surface area contributed by atoms with Crippen molar-refractivity contribution in [3.63, 3.8) is 0 Å². The predicted octanol–water partition coefficient (Wildman–Crippen LogP) is 3.53. The van der Waals surface area contributed by atoms with Gasteiger partial charge in [-0.3, -0.25) is 0 Å². The van der Waals surface area contributed by atoms with E-state index in [1.54, 1.807) is 7.11 Å². The molecule has 4 heteroatoms. The van der Waals surface area contributed by atoms with E-state index >= 15 is 0 Å². The van der Waals surface area contributed by atoms with Crippen LogP contribution in [-0.2, 0) is 6.42 Å². The molecule has 1 saturated carbocycles. The van der Waals surface area contributed by atoms with E-state index in [0.29, 0.717) is 0 Å². The van der Waals surface area contributed by atoms with Gasteiger partial charge in [-0.1, -0.05) is 12.8 Å². The summed E-state index contributed by atoms with van der Waals surface area (Å²) in [7, 11) is 1.67. The van der Waals surface area contributed by atoms with Crippen molar-refractivity contribution < 1.29 is 9.47 Å². The smallest absolute Gasteiger partial charge is 0.175 e. The lowest BCUT2D eigenvalue weighted by atomic mass is 10.1. The fourth-order valence-corrected chi connectivity index (χ4v) is 2.74. The van der Waals surface area contributed by atoms with Crippen molar-refractivity contribution in [2.45, 2.75) is 38.6 Å². The van der Waals surface area contributed by atoms with Gasteiger partial charge in [0.25, 0.3) is 0 Å². The van der Waals surface area contributed by atoms with Crippen LogP contribution in [0, 0.1) is 5.92 Å². The quantitative estimate of drug-likeness (QED) is 0.833. The van der Waals surface area contributed by atoms with Crippen LogP contribution >= 0.6 is 15.9 Å². The molecule has 2 rings (SSSR count). The number of hydrogen-bond acceptors (Lipinski definition) is 3. The predicted molar refractivity (Wildman–Crippen MR) is 80.9 cm³/mol. The van der Waals surface area contributed by atoms with E-state index in [-0.39, 0.29) is 6.04 Å². The standard InChI is InChI=1S/C15H22BrNO2/c1-10(17)7-12-8-13(16)15(14(9-12)18-2)19-6-5-11-3-4-11/h8-11H,3-7,17H2,1-2H3. The van der Waals surface area contributed by atoms with Gasteiger partial charge in [0.05, 0.1) is 18.2 Å². The molecule has 0 saturated heterocycles. The molecule has 1 aromatic rings. The first-order valence-electron chi connectivity index (χ1n) is 6.85. The van der Waals surface area contributed by atoms with Gasteiger partial charge in [-0.25, -0.2) is 0 Å². The van der Waals surface area contributed by atoms with Crippen molar-refractivity contribution in [1.29, 1.82) is 0 Å². The zero-order valence-electron chi connectivity index (χ0n) is 11.6. The van der Waals surface area contributed by atoms with Gasteiger partial charge >= 0.3 is 0 Å². The minimum absolute atomic E-state index is 0.137. The molecule has 0 aromatic heterocycles. The van der Waals surface area contributed by atoms with Gasteiger partial charge in [-0.15, -0.1) is 0 Å². The summed E-state index contributed by atoms with van der Waals surface area (Å²) in [6, 6.07) is 4.22. The Labute approximate surface area is 123 Å². The Bertz CT molecular complexity index is 430. The maximum Gasteiger partial charge on any atom is 0.175 e. The highest BCUT2D eigenvalue weighted by molar-refractivity contribution is 9.10. The van der Waals surface area contributed by atoms with Crippen LogP contribution in [-0.4, -0.2) is 19.8 Å². The number of benzene rings is 1. The minimum atomic E-state index is 0.137. The monoisotopic (exact) mass is 327 g/mol. The summed E-state index contributed by atoms with van der Waals surface area (Å²) in [5, 5.41) is 0. The Kier molecular flexibility index (Phi) is 5.11. The van der Waals surface area contributed by atoms with Crippen LogP contribution in [0.2, 0.25) is 0 Å². The highest BCUT2D eigenvalue weighted by Gasteiger charge is 2.21. The van der Waals surface area contributed by atoms with Gasteiger partial charge in [0, 0.05) is 6.04 Å². The summed E-state index contributed by atoms with van der Waals surface area (Å²) in [4.78, 5) is 0. The molecule has 0 amide bonds. The molecule has 0 heterocycles. The van der Waals surface area contributed by atoms with Crippen LogP contribution in [0.1, 0.15) is 31.7 Å². The molecular weight excluding hydrogens is 306 g/mol. The van der Waals surface area contributed by atoms with Gasteiger partial charge < -0.3 is 15.2 Å². The highest BCUT2D eigenvalue weighted by Crippen LogP contribution is 2.38. The zero-order chi connectivity index (χ0) is 13.8. The van der Waals surface area contributed by atoms with Crippen LogP contribution in [0.4, 0.5) is 0 Å². The summed E-state index contributed by atoms with van der Waals surface area (Å²) in [5.74, 6) is 2.46. The van der Waals surface area contributed by atoms with Gasteiger partial charge in [-0.05, 0) is 59.3 Å². The average molecular weight is 328 g/mol. The Morgan fingerprint density at radius 2 is 2.16 bits per heavy atom. The topological polar surface area (TPSA) is 44.5 Å². The molecule has 0 aliphatic heterocycles. The summed E-state index contributed by atoms with van der Waals surface area (Å²) >= 11 is 3.57. The van der Waals surface area contributed by atoms with Crippen molar-refractivity contribution in [2.75, 3.05) is 13.7 Å². The SMILES string of the molecule is COc1cc(CC(C)N)cc(Br)c1OCCC1CC1. The van der Waals surface area contributed by atoms with Crippen LogP contribution < -0.4 is 15.2 Å². The highest BCUT2D eigenvalue weighted by atomic mass is 79.9. The first-order chi connectivity index (χ1) is 9.10. The third-order valence-corrected chi connectivity index (χ3v) is 3.91. The second-order valence-corrected chi connectivity index (χ2v) is 6.23. The third-order valence-electron chi connectivity index (χ3n) is 3.32. The van der Waals surface area contributed by atoms with E-state index in [0.717, 1.165) is 46.9 Å². The molecule has 0 bridgehead atoms. The molecule has 3 nitrogen and oxygen atoms in total. The largest absolute Gasteiger partial charge is 0.493 e. The first kappa shape index (κ1) is 14.7. The van der Waals surface area contributed by atoms with Gasteiger partial charge in [0.1, 0.15) is 0 Å². The molecule has 1 aliphatic rings. The van der Waals surface area contributed by atoms with Crippen molar-refractivity contribution in [3.8, 4) is 11.5 Å². The summed E-state index contributed by atoms with van der Waals surface area (Å²) in [6.45, 7) is 2.76. The fraction of sp³-hybridized carbons (Fsp3) is 0.600. The van der Waals surface area contributed by atoms with Crippen molar-refractivity contribution in [1.82, 2.24) is 0 Å². The van der Waals surface area contributed by atoms with Crippen LogP contribution in [0.15, 0.2) is 16.6 Å². The Morgan fingerprint density at radius 3 is 2.74 bits per heavy atom. The van der Waals surface area contributed by atoms with E-state index in [1.807, 2.05) is 13.0 Å². The summed E-state index contributed by atoms with van der Waals surface area (Å²) in [5.41, 5.74) is 7.00. The molecule has 0 spiro atoms. The maximum atomic E-state index is 5.87. The fourth-order valence-electron chi connectivity index (χ4n) is 2.14. The molecule has 0 radical (unpaired) electrons. The molecule has 1 aliphatic carbocycles. The van der Waals surface area contributed by atoms with E-state index in [4.69, 9.17) is 15.2 Å². The molecule has 106 valence electrons. The lowest BCUT2D eigenvalue weighted by molar-refractivity contribution is 0.281. The average Bonchev–Trinajstić information content (AvgIpc) is 3.14. The molecule has 1 aromatic carbocycles. The number of rotatable bonds is 7. The summed E-state index contributed by atoms with van der Waals surface area (Å²) in [6.07, 6.45) is 4.68. The van der Waals surface area contributed by atoms with Crippen LogP contribution in [0.5, 0.6) is 11.5 Å². The zero-order valence-corrected chi connectivity index (χ0v) is 13.2. The van der Waals surface area contributed by atoms with E-state index < -0.39 is 0 Å². The Hall–Kier alpha value is -0.740. The number of methoxy groups -OCH3 is 1. The third kappa shape index (κ3) is 4.39. The molecule has 2 N–H and O–H groups in total. The first-order valence-corrected chi connectivity index (χ1v) is 7.64. The van der Waals surface area contributed by atoms with E-state index in [2.05, 4.69) is 22.0 Å². The second-order valence-electron chi connectivity index (χ2n) is 5.37. The summed E-state index contributed by atoms with van der Waals surface area (Å²) < 4.78 is 12.2. The van der Waals surface area contributed by atoms with E-state index in [1.165, 1.54) is 12.8 Å².